The molecule has 1 heterocycles. The van der Waals surface area contributed by atoms with Crippen LogP contribution < -0.4 is 10.1 Å². The lowest BCUT2D eigenvalue weighted by Crippen LogP contribution is -2.07. The van der Waals surface area contributed by atoms with Gasteiger partial charge in [0, 0.05) is 25.3 Å². The second-order valence-electron chi connectivity index (χ2n) is 3.69. The first-order valence-electron chi connectivity index (χ1n) is 5.73. The average Bonchev–Trinajstić information content (AvgIpc) is 2.38. The summed E-state index contributed by atoms with van der Waals surface area (Å²) in [5.74, 6) is 0.543. The molecule has 1 aromatic heterocycles. The third kappa shape index (κ3) is 4.17. The van der Waals surface area contributed by atoms with E-state index in [9.17, 15) is 10.1 Å². The predicted octanol–water partition coefficient (Wildman–Crippen LogP) is 1.57. The number of hydrogen-bond acceptors (Lipinski definition) is 6. The summed E-state index contributed by atoms with van der Waals surface area (Å²) in [4.78, 5) is 14.3. The Morgan fingerprint density at radius 1 is 1.44 bits per heavy atom. The quantitative estimate of drug-likeness (QED) is 0.415. The summed E-state index contributed by atoms with van der Waals surface area (Å²) in [5.41, 5.74) is -0.0713. The van der Waals surface area contributed by atoms with Gasteiger partial charge in [-0.3, -0.25) is 10.1 Å². The molecule has 0 aliphatic rings. The Bertz CT molecular complexity index is 398. The summed E-state index contributed by atoms with van der Waals surface area (Å²) in [5, 5.41) is 22.4. The largest absolute Gasteiger partial charge is 0.481 e. The Morgan fingerprint density at radius 2 is 2.22 bits per heavy atom. The summed E-state index contributed by atoms with van der Waals surface area (Å²) in [6.07, 6.45) is 2.41. The highest BCUT2D eigenvalue weighted by atomic mass is 16.6. The van der Waals surface area contributed by atoms with Crippen molar-refractivity contribution < 1.29 is 14.8 Å². The normalized spacial score (nSPS) is 10.1. The summed E-state index contributed by atoms with van der Waals surface area (Å²) in [6.45, 7) is 0.735. The van der Waals surface area contributed by atoms with Crippen LogP contribution in [0.1, 0.15) is 19.3 Å². The zero-order valence-corrected chi connectivity index (χ0v) is 10.3. The van der Waals surface area contributed by atoms with Crippen LogP contribution >= 0.6 is 0 Å². The molecule has 100 valence electrons. The number of anilines is 1. The molecule has 0 spiro atoms. The maximum absolute atomic E-state index is 10.8. The number of methoxy groups -OCH3 is 1. The van der Waals surface area contributed by atoms with Crippen LogP contribution in [0, 0.1) is 10.1 Å². The molecule has 1 rings (SSSR count). The third-order valence-electron chi connectivity index (χ3n) is 2.38. The Hall–Kier alpha value is -1.89. The first-order valence-corrected chi connectivity index (χ1v) is 5.73. The van der Waals surface area contributed by atoms with Crippen LogP contribution in [0.15, 0.2) is 12.1 Å². The predicted molar refractivity (Wildman–Crippen MR) is 66.9 cm³/mol. The fourth-order valence-electron chi connectivity index (χ4n) is 1.45. The smallest absolute Gasteiger partial charge is 0.311 e. The van der Waals surface area contributed by atoms with Crippen LogP contribution in [0.25, 0.3) is 0 Å². The maximum Gasteiger partial charge on any atom is 0.311 e. The Morgan fingerprint density at radius 3 is 2.83 bits per heavy atom. The molecular formula is C11H17N3O4. The van der Waals surface area contributed by atoms with E-state index in [0.717, 1.165) is 19.3 Å². The van der Waals surface area contributed by atoms with Crippen molar-refractivity contribution >= 4 is 11.5 Å². The monoisotopic (exact) mass is 255 g/mol. The molecule has 0 bridgehead atoms. The second-order valence-corrected chi connectivity index (χ2v) is 3.69. The van der Waals surface area contributed by atoms with Crippen LogP contribution in [0.2, 0.25) is 0 Å². The molecule has 18 heavy (non-hydrogen) atoms. The van der Waals surface area contributed by atoms with Crippen LogP contribution in [0.3, 0.4) is 0 Å². The van der Waals surface area contributed by atoms with Crippen LogP contribution in [0.4, 0.5) is 11.5 Å². The van der Waals surface area contributed by atoms with E-state index in [2.05, 4.69) is 10.3 Å². The molecule has 0 unspecified atom stereocenters. The minimum Gasteiger partial charge on any atom is -0.481 e. The molecule has 0 aliphatic carbocycles. The fraction of sp³-hybridized carbons (Fsp3) is 0.545. The van der Waals surface area contributed by atoms with E-state index in [4.69, 9.17) is 9.84 Å². The zero-order chi connectivity index (χ0) is 13.4. The highest BCUT2D eigenvalue weighted by Gasteiger charge is 2.15. The minimum absolute atomic E-state index is 0.0713. The molecule has 7 nitrogen and oxygen atoms in total. The van der Waals surface area contributed by atoms with Crippen molar-refractivity contribution in [3.05, 3.63) is 22.2 Å². The van der Waals surface area contributed by atoms with E-state index in [1.807, 2.05) is 0 Å². The van der Waals surface area contributed by atoms with Gasteiger partial charge in [0.25, 0.3) is 0 Å². The lowest BCUT2D eigenvalue weighted by atomic mass is 10.2. The Kier molecular flexibility index (Phi) is 5.86. The van der Waals surface area contributed by atoms with Gasteiger partial charge in [-0.05, 0) is 19.3 Å². The number of ether oxygens (including phenoxy) is 1. The van der Waals surface area contributed by atoms with E-state index in [0.29, 0.717) is 12.4 Å². The van der Waals surface area contributed by atoms with Gasteiger partial charge in [-0.1, -0.05) is 0 Å². The molecule has 2 N–H and O–H groups in total. The lowest BCUT2D eigenvalue weighted by Gasteiger charge is -2.07. The van der Waals surface area contributed by atoms with Crippen molar-refractivity contribution in [3.63, 3.8) is 0 Å². The number of aromatic nitrogens is 1. The molecule has 0 aliphatic heterocycles. The van der Waals surface area contributed by atoms with Crippen molar-refractivity contribution in [1.82, 2.24) is 4.98 Å². The number of nitrogens with one attached hydrogen (secondary N) is 1. The molecule has 0 radical (unpaired) electrons. The van der Waals surface area contributed by atoms with Crippen molar-refractivity contribution in [2.24, 2.45) is 0 Å². The molecule has 1 aromatic rings. The second kappa shape index (κ2) is 7.44. The van der Waals surface area contributed by atoms with E-state index in [-0.39, 0.29) is 18.1 Å². The first kappa shape index (κ1) is 14.2. The molecule has 0 fully saturated rings. The van der Waals surface area contributed by atoms with Gasteiger partial charge in [0.15, 0.2) is 0 Å². The van der Waals surface area contributed by atoms with Gasteiger partial charge in [0.1, 0.15) is 0 Å². The summed E-state index contributed by atoms with van der Waals surface area (Å²) < 4.78 is 4.93. The average molecular weight is 255 g/mol. The first-order chi connectivity index (χ1) is 8.69. The SMILES string of the molecule is COc1ccc([N+](=O)[O-])c(NCCCCCO)n1. The minimum atomic E-state index is -0.484. The van der Waals surface area contributed by atoms with Crippen molar-refractivity contribution in [3.8, 4) is 5.88 Å². The van der Waals surface area contributed by atoms with Crippen molar-refractivity contribution in [2.75, 3.05) is 25.6 Å². The van der Waals surface area contributed by atoms with Gasteiger partial charge >= 0.3 is 5.69 Å². The van der Waals surface area contributed by atoms with Gasteiger partial charge in [0.2, 0.25) is 11.7 Å². The van der Waals surface area contributed by atoms with Gasteiger partial charge < -0.3 is 15.2 Å². The highest BCUT2D eigenvalue weighted by Crippen LogP contribution is 2.24. The Labute approximate surface area is 105 Å². The van der Waals surface area contributed by atoms with E-state index in [1.54, 1.807) is 0 Å². The molecule has 0 atom stereocenters. The zero-order valence-electron chi connectivity index (χ0n) is 10.3. The van der Waals surface area contributed by atoms with Crippen LogP contribution in [0.5, 0.6) is 5.88 Å². The fourth-order valence-corrected chi connectivity index (χ4v) is 1.45. The number of nitrogens with zero attached hydrogens (tertiary/aromatic N) is 2. The summed E-state index contributed by atoms with van der Waals surface area (Å²) >= 11 is 0. The standard InChI is InChI=1S/C11H17N3O4/c1-18-10-6-5-9(14(16)17)11(13-10)12-7-3-2-4-8-15/h5-6,15H,2-4,7-8H2,1H3,(H,12,13). The topological polar surface area (TPSA) is 97.5 Å². The van der Waals surface area contributed by atoms with E-state index in [1.165, 1.54) is 19.2 Å². The number of pyridine rings is 1. The summed E-state index contributed by atoms with van der Waals surface area (Å²) in [6, 6.07) is 2.82. The van der Waals surface area contributed by atoms with E-state index < -0.39 is 4.92 Å². The van der Waals surface area contributed by atoms with Gasteiger partial charge in [-0.25, -0.2) is 0 Å². The van der Waals surface area contributed by atoms with Crippen LogP contribution in [-0.4, -0.2) is 35.3 Å². The molecule has 7 heteroatoms. The molecule has 0 amide bonds. The molecule has 0 saturated heterocycles. The maximum atomic E-state index is 10.8. The van der Waals surface area contributed by atoms with Crippen LogP contribution in [-0.2, 0) is 0 Å². The molecular weight excluding hydrogens is 238 g/mol. The third-order valence-corrected chi connectivity index (χ3v) is 2.38. The van der Waals surface area contributed by atoms with Crippen molar-refractivity contribution in [2.45, 2.75) is 19.3 Å². The number of rotatable bonds is 8. The lowest BCUT2D eigenvalue weighted by molar-refractivity contribution is -0.384. The number of aliphatic hydroxyl groups is 1. The highest BCUT2D eigenvalue weighted by molar-refractivity contribution is 5.56. The number of unbranched alkanes of at least 4 members (excludes halogenated alkanes) is 2. The Balaban J connectivity index is 2.63. The number of nitro groups is 1. The van der Waals surface area contributed by atoms with Crippen molar-refractivity contribution in [1.29, 1.82) is 0 Å². The molecule has 0 aromatic carbocycles. The van der Waals surface area contributed by atoms with Gasteiger partial charge in [-0.15, -0.1) is 0 Å². The van der Waals surface area contributed by atoms with E-state index >= 15 is 0 Å². The summed E-state index contributed by atoms with van der Waals surface area (Å²) in [7, 11) is 1.46. The van der Waals surface area contributed by atoms with Gasteiger partial charge in [-0.2, -0.15) is 4.98 Å². The number of hydrogen-bond donors (Lipinski definition) is 2. The van der Waals surface area contributed by atoms with Gasteiger partial charge in [0.05, 0.1) is 12.0 Å². The molecule has 0 saturated carbocycles. The number of aliphatic hydroxyl groups excluding tert-OH is 1.